The van der Waals surface area contributed by atoms with Crippen LogP contribution in [0.2, 0.25) is 0 Å². The zero-order chi connectivity index (χ0) is 12.1. The molecule has 17 heavy (non-hydrogen) atoms. The Balaban J connectivity index is 1.84. The standard InChI is InChI=1S/C12H16N2O3/c15-10-5-9(6-13-7-10)12(16)14-8-11-3-1-2-4-17-11/h5-7,11,15H,1-4,8H2,(H,14,16). The number of hydrogen-bond donors (Lipinski definition) is 2. The number of aromatic hydroxyl groups is 1. The first-order chi connectivity index (χ1) is 8.25. The number of nitrogens with zero attached hydrogens (tertiary/aromatic N) is 1. The molecule has 1 aromatic rings. The smallest absolute Gasteiger partial charge is 0.253 e. The van der Waals surface area contributed by atoms with Gasteiger partial charge in [0.25, 0.3) is 5.91 Å². The van der Waals surface area contributed by atoms with E-state index in [2.05, 4.69) is 10.3 Å². The fraction of sp³-hybridized carbons (Fsp3) is 0.500. The topological polar surface area (TPSA) is 71.5 Å². The minimum absolute atomic E-state index is 0.00781. The van der Waals surface area contributed by atoms with Crippen LogP contribution in [0.1, 0.15) is 29.6 Å². The lowest BCUT2D eigenvalue weighted by Gasteiger charge is -2.22. The third kappa shape index (κ3) is 3.42. The second-order valence-electron chi connectivity index (χ2n) is 4.13. The van der Waals surface area contributed by atoms with Crippen LogP contribution in [-0.4, -0.2) is 35.3 Å². The highest BCUT2D eigenvalue weighted by Gasteiger charge is 2.15. The van der Waals surface area contributed by atoms with Crippen LogP contribution >= 0.6 is 0 Å². The first kappa shape index (κ1) is 11.9. The molecule has 0 aromatic carbocycles. The van der Waals surface area contributed by atoms with Gasteiger partial charge in [0.15, 0.2) is 0 Å². The normalized spacial score (nSPS) is 19.9. The maximum Gasteiger partial charge on any atom is 0.253 e. The Hall–Kier alpha value is -1.62. The number of aromatic nitrogens is 1. The van der Waals surface area contributed by atoms with Gasteiger partial charge in [-0.1, -0.05) is 0 Å². The minimum Gasteiger partial charge on any atom is -0.506 e. The molecule has 1 fully saturated rings. The van der Waals surface area contributed by atoms with Gasteiger partial charge in [-0.05, 0) is 25.3 Å². The Morgan fingerprint density at radius 3 is 3.12 bits per heavy atom. The van der Waals surface area contributed by atoms with E-state index in [1.807, 2.05) is 0 Å². The average Bonchev–Trinajstić information content (AvgIpc) is 2.37. The van der Waals surface area contributed by atoms with Crippen molar-refractivity contribution in [2.75, 3.05) is 13.2 Å². The monoisotopic (exact) mass is 236 g/mol. The summed E-state index contributed by atoms with van der Waals surface area (Å²) in [5.41, 5.74) is 0.362. The molecule has 1 saturated heterocycles. The van der Waals surface area contributed by atoms with E-state index in [0.717, 1.165) is 25.9 Å². The van der Waals surface area contributed by atoms with Gasteiger partial charge in [0.05, 0.1) is 17.9 Å². The Kier molecular flexibility index (Phi) is 3.93. The van der Waals surface area contributed by atoms with Crippen molar-refractivity contribution >= 4 is 5.91 Å². The van der Waals surface area contributed by atoms with Crippen LogP contribution in [0.4, 0.5) is 0 Å². The molecule has 1 atom stereocenters. The molecule has 2 rings (SSSR count). The first-order valence-corrected chi connectivity index (χ1v) is 5.79. The van der Waals surface area contributed by atoms with Crippen LogP contribution < -0.4 is 5.32 Å². The molecule has 1 aliphatic heterocycles. The van der Waals surface area contributed by atoms with Crippen LogP contribution in [0.5, 0.6) is 5.75 Å². The highest BCUT2D eigenvalue weighted by Crippen LogP contribution is 2.12. The number of ether oxygens (including phenoxy) is 1. The third-order valence-corrected chi connectivity index (χ3v) is 2.75. The number of hydrogen-bond acceptors (Lipinski definition) is 4. The van der Waals surface area contributed by atoms with Crippen LogP contribution in [0.3, 0.4) is 0 Å². The summed E-state index contributed by atoms with van der Waals surface area (Å²) in [5.74, 6) is -0.242. The quantitative estimate of drug-likeness (QED) is 0.824. The van der Waals surface area contributed by atoms with E-state index in [9.17, 15) is 9.90 Å². The summed E-state index contributed by atoms with van der Waals surface area (Å²) < 4.78 is 5.51. The number of carbonyl (C=O) groups excluding carboxylic acids is 1. The lowest BCUT2D eigenvalue weighted by molar-refractivity contribution is 0.0169. The number of carbonyl (C=O) groups is 1. The minimum atomic E-state index is -0.234. The van der Waals surface area contributed by atoms with Crippen molar-refractivity contribution in [1.29, 1.82) is 0 Å². The first-order valence-electron chi connectivity index (χ1n) is 5.79. The van der Waals surface area contributed by atoms with Crippen LogP contribution in [0.25, 0.3) is 0 Å². The molecule has 0 bridgehead atoms. The Morgan fingerprint density at radius 2 is 2.41 bits per heavy atom. The van der Waals surface area contributed by atoms with Crippen LogP contribution in [0, 0.1) is 0 Å². The summed E-state index contributed by atoms with van der Waals surface area (Å²) in [6.45, 7) is 1.28. The Bertz CT molecular complexity index is 389. The van der Waals surface area contributed by atoms with Gasteiger partial charge in [-0.15, -0.1) is 0 Å². The van der Waals surface area contributed by atoms with E-state index < -0.39 is 0 Å². The summed E-state index contributed by atoms with van der Waals surface area (Å²) >= 11 is 0. The van der Waals surface area contributed by atoms with Gasteiger partial charge < -0.3 is 15.2 Å². The van der Waals surface area contributed by atoms with Gasteiger partial charge in [-0.25, -0.2) is 0 Å². The molecule has 5 heteroatoms. The fourth-order valence-electron chi connectivity index (χ4n) is 1.83. The average molecular weight is 236 g/mol. The summed E-state index contributed by atoms with van der Waals surface area (Å²) in [6.07, 6.45) is 6.06. The molecule has 0 radical (unpaired) electrons. The fourth-order valence-corrected chi connectivity index (χ4v) is 1.83. The van der Waals surface area contributed by atoms with E-state index in [-0.39, 0.29) is 17.8 Å². The molecule has 0 aliphatic carbocycles. The molecule has 0 saturated carbocycles. The van der Waals surface area contributed by atoms with Crippen molar-refractivity contribution in [3.63, 3.8) is 0 Å². The zero-order valence-electron chi connectivity index (χ0n) is 9.56. The predicted octanol–water partition coefficient (Wildman–Crippen LogP) is 1.09. The predicted molar refractivity (Wildman–Crippen MR) is 61.8 cm³/mol. The van der Waals surface area contributed by atoms with Gasteiger partial charge in [-0.3, -0.25) is 9.78 Å². The maximum absolute atomic E-state index is 11.7. The molecule has 1 aromatic heterocycles. The van der Waals surface area contributed by atoms with Gasteiger partial charge >= 0.3 is 0 Å². The SMILES string of the molecule is O=C(NCC1CCCCO1)c1cncc(O)c1. The van der Waals surface area contributed by atoms with Crippen molar-refractivity contribution in [2.24, 2.45) is 0 Å². The van der Waals surface area contributed by atoms with Crippen molar-refractivity contribution in [3.05, 3.63) is 24.0 Å². The number of rotatable bonds is 3. The maximum atomic E-state index is 11.7. The van der Waals surface area contributed by atoms with Gasteiger partial charge in [-0.2, -0.15) is 0 Å². The summed E-state index contributed by atoms with van der Waals surface area (Å²) in [5, 5.41) is 12.0. The molecule has 1 amide bonds. The third-order valence-electron chi connectivity index (χ3n) is 2.75. The highest BCUT2D eigenvalue weighted by atomic mass is 16.5. The molecule has 2 N–H and O–H groups in total. The lowest BCUT2D eigenvalue weighted by Crippen LogP contribution is -2.35. The Morgan fingerprint density at radius 1 is 1.53 bits per heavy atom. The van der Waals surface area contributed by atoms with E-state index >= 15 is 0 Å². The largest absolute Gasteiger partial charge is 0.506 e. The van der Waals surface area contributed by atoms with E-state index in [1.165, 1.54) is 18.5 Å². The molecule has 2 heterocycles. The van der Waals surface area contributed by atoms with E-state index in [0.29, 0.717) is 12.1 Å². The number of pyridine rings is 1. The Labute approximate surface area is 99.8 Å². The van der Waals surface area contributed by atoms with E-state index in [4.69, 9.17) is 4.74 Å². The zero-order valence-corrected chi connectivity index (χ0v) is 9.56. The van der Waals surface area contributed by atoms with Gasteiger partial charge in [0.1, 0.15) is 5.75 Å². The van der Waals surface area contributed by atoms with Crippen LogP contribution in [0.15, 0.2) is 18.5 Å². The number of amides is 1. The second-order valence-corrected chi connectivity index (χ2v) is 4.13. The summed E-state index contributed by atoms with van der Waals surface area (Å²) in [4.78, 5) is 15.5. The molecular formula is C12H16N2O3. The molecule has 1 aliphatic rings. The van der Waals surface area contributed by atoms with Crippen molar-refractivity contribution in [1.82, 2.24) is 10.3 Å². The highest BCUT2D eigenvalue weighted by molar-refractivity contribution is 5.94. The molecule has 92 valence electrons. The molecule has 0 spiro atoms. The van der Waals surface area contributed by atoms with Crippen molar-refractivity contribution < 1.29 is 14.6 Å². The summed E-state index contributed by atoms with van der Waals surface area (Å²) in [7, 11) is 0. The molecular weight excluding hydrogens is 220 g/mol. The summed E-state index contributed by atoms with van der Waals surface area (Å²) in [6, 6.07) is 1.39. The molecule has 1 unspecified atom stereocenters. The van der Waals surface area contributed by atoms with Gasteiger partial charge in [0, 0.05) is 19.3 Å². The lowest BCUT2D eigenvalue weighted by atomic mass is 10.1. The molecule has 5 nitrogen and oxygen atoms in total. The van der Waals surface area contributed by atoms with Crippen molar-refractivity contribution in [2.45, 2.75) is 25.4 Å². The number of nitrogens with one attached hydrogen (secondary N) is 1. The second kappa shape index (κ2) is 5.63. The van der Waals surface area contributed by atoms with Crippen LogP contribution in [-0.2, 0) is 4.74 Å². The van der Waals surface area contributed by atoms with Gasteiger partial charge in [0.2, 0.25) is 0 Å². The van der Waals surface area contributed by atoms with Crippen molar-refractivity contribution in [3.8, 4) is 5.75 Å². The van der Waals surface area contributed by atoms with E-state index in [1.54, 1.807) is 0 Å².